The smallest absolute Gasteiger partial charge is 0.238 e. The number of benzene rings is 2. The van der Waals surface area contributed by atoms with Gasteiger partial charge in [0.15, 0.2) is 0 Å². The number of aromatic nitrogens is 5. The topological polar surface area (TPSA) is 103 Å². The van der Waals surface area contributed by atoms with Crippen LogP contribution < -0.4 is 5.32 Å². The molecule has 0 bridgehead atoms. The second-order valence-electron chi connectivity index (χ2n) is 9.39. The van der Waals surface area contributed by atoms with Crippen molar-refractivity contribution in [3.05, 3.63) is 85.1 Å². The Kier molecular flexibility index (Phi) is 5.89. The Morgan fingerprint density at radius 3 is 2.61 bits per heavy atom. The largest absolute Gasteiger partial charge is 0.353 e. The summed E-state index contributed by atoms with van der Waals surface area (Å²) in [6.07, 6.45) is 5.07. The fourth-order valence-electron chi connectivity index (χ4n) is 4.58. The Morgan fingerprint density at radius 2 is 1.79 bits per heavy atom. The van der Waals surface area contributed by atoms with Gasteiger partial charge < -0.3 is 15.2 Å². The number of carbonyl (C=O) groups excluding carboxylic acids is 1. The summed E-state index contributed by atoms with van der Waals surface area (Å²) in [6.45, 7) is 0.278. The number of rotatable bonds is 6. The molecule has 0 aliphatic heterocycles. The molecule has 8 nitrogen and oxygen atoms in total. The molecule has 1 amide bonds. The number of anilines is 1. The Morgan fingerprint density at radius 1 is 0.947 bits per heavy atom. The van der Waals surface area contributed by atoms with Crippen molar-refractivity contribution in [2.45, 2.75) is 0 Å². The standard InChI is InChI=1S/C29H24FN7O/c1-37(2)16-28(38)33-20-10-18(13-31-14-20)25-12-23-27(15-32-25)35-36-29(23)26-11-22-21(4-3-5-24(22)34-26)17-6-8-19(30)9-7-17/h3-15,34H,16H2,1-2H3,(H,33,38)(H,35,36). The first-order chi connectivity index (χ1) is 18.4. The minimum atomic E-state index is -0.264. The van der Waals surface area contributed by atoms with E-state index in [1.54, 1.807) is 35.6 Å². The average Bonchev–Trinajstić information content (AvgIpc) is 3.52. The van der Waals surface area contributed by atoms with Gasteiger partial charge in [-0.05, 0) is 61.6 Å². The summed E-state index contributed by atoms with van der Waals surface area (Å²) >= 11 is 0. The number of H-pyrrole nitrogens is 2. The van der Waals surface area contributed by atoms with E-state index < -0.39 is 0 Å². The number of carbonyl (C=O) groups is 1. The van der Waals surface area contributed by atoms with Gasteiger partial charge in [-0.25, -0.2) is 4.39 Å². The molecule has 0 saturated carbocycles. The Bertz CT molecular complexity index is 1790. The first-order valence-corrected chi connectivity index (χ1v) is 12.1. The minimum absolute atomic E-state index is 0.117. The second kappa shape index (κ2) is 9.53. The number of amides is 1. The molecule has 0 aliphatic rings. The van der Waals surface area contributed by atoms with E-state index in [0.717, 1.165) is 49.9 Å². The maximum Gasteiger partial charge on any atom is 0.238 e. The molecule has 0 aliphatic carbocycles. The number of fused-ring (bicyclic) bond motifs is 2. The van der Waals surface area contributed by atoms with Crippen LogP contribution in [0.4, 0.5) is 10.1 Å². The maximum absolute atomic E-state index is 13.5. The molecule has 6 rings (SSSR count). The highest BCUT2D eigenvalue weighted by Crippen LogP contribution is 2.35. The van der Waals surface area contributed by atoms with E-state index in [0.29, 0.717) is 11.4 Å². The highest BCUT2D eigenvalue weighted by atomic mass is 19.1. The zero-order valence-electron chi connectivity index (χ0n) is 20.8. The number of nitrogens with zero attached hydrogens (tertiary/aromatic N) is 4. The molecule has 0 radical (unpaired) electrons. The predicted octanol–water partition coefficient (Wildman–Crippen LogP) is 5.47. The van der Waals surface area contributed by atoms with Gasteiger partial charge in [0.25, 0.3) is 0 Å². The second-order valence-corrected chi connectivity index (χ2v) is 9.39. The average molecular weight is 506 g/mol. The van der Waals surface area contributed by atoms with Crippen molar-refractivity contribution < 1.29 is 9.18 Å². The lowest BCUT2D eigenvalue weighted by atomic mass is 10.0. The van der Waals surface area contributed by atoms with Crippen molar-refractivity contribution in [3.63, 3.8) is 0 Å². The first-order valence-electron chi connectivity index (χ1n) is 12.1. The van der Waals surface area contributed by atoms with Crippen molar-refractivity contribution in [1.82, 2.24) is 30.0 Å². The fourth-order valence-corrected chi connectivity index (χ4v) is 4.58. The van der Waals surface area contributed by atoms with Crippen molar-refractivity contribution in [2.75, 3.05) is 26.0 Å². The Balaban J connectivity index is 1.38. The summed E-state index contributed by atoms with van der Waals surface area (Å²) in [4.78, 5) is 26.3. The normalized spacial score (nSPS) is 11.5. The van der Waals surface area contributed by atoms with Gasteiger partial charge in [-0.3, -0.25) is 19.9 Å². The van der Waals surface area contributed by atoms with Gasteiger partial charge in [-0.1, -0.05) is 24.3 Å². The molecular formula is C29H24FN7O. The highest BCUT2D eigenvalue weighted by molar-refractivity contribution is 6.01. The molecule has 0 unspecified atom stereocenters. The van der Waals surface area contributed by atoms with Crippen LogP contribution in [0.2, 0.25) is 0 Å². The number of hydrogen-bond acceptors (Lipinski definition) is 5. The number of hydrogen-bond donors (Lipinski definition) is 3. The van der Waals surface area contributed by atoms with E-state index in [4.69, 9.17) is 0 Å². The number of aromatic amines is 2. The lowest BCUT2D eigenvalue weighted by Gasteiger charge is -2.10. The van der Waals surface area contributed by atoms with Crippen LogP contribution in [0, 0.1) is 5.82 Å². The third kappa shape index (κ3) is 4.51. The molecule has 2 aromatic carbocycles. The summed E-state index contributed by atoms with van der Waals surface area (Å²) in [5.74, 6) is -0.381. The molecule has 9 heteroatoms. The van der Waals surface area contributed by atoms with Crippen molar-refractivity contribution in [3.8, 4) is 33.8 Å². The van der Waals surface area contributed by atoms with E-state index in [-0.39, 0.29) is 18.3 Å². The molecule has 0 spiro atoms. The highest BCUT2D eigenvalue weighted by Gasteiger charge is 2.15. The van der Waals surface area contributed by atoms with Gasteiger partial charge in [0, 0.05) is 28.0 Å². The fraction of sp³-hybridized carbons (Fsp3) is 0.103. The summed E-state index contributed by atoms with van der Waals surface area (Å²) in [7, 11) is 3.68. The first kappa shape index (κ1) is 23.5. The molecular weight excluding hydrogens is 481 g/mol. The van der Waals surface area contributed by atoms with Crippen LogP contribution in [-0.4, -0.2) is 56.6 Å². The van der Waals surface area contributed by atoms with E-state index in [9.17, 15) is 9.18 Å². The summed E-state index contributed by atoms with van der Waals surface area (Å²) in [5.41, 5.74) is 7.39. The van der Waals surface area contributed by atoms with Crippen LogP contribution in [0.25, 0.3) is 55.6 Å². The zero-order valence-corrected chi connectivity index (χ0v) is 20.8. The van der Waals surface area contributed by atoms with Crippen LogP contribution >= 0.6 is 0 Å². The summed E-state index contributed by atoms with van der Waals surface area (Å²) in [6, 6.07) is 18.4. The van der Waals surface area contributed by atoms with Crippen molar-refractivity contribution in [2.24, 2.45) is 0 Å². The molecule has 0 atom stereocenters. The van der Waals surface area contributed by atoms with E-state index in [2.05, 4.69) is 36.5 Å². The van der Waals surface area contributed by atoms with Gasteiger partial charge in [-0.15, -0.1) is 0 Å². The van der Waals surface area contributed by atoms with Gasteiger partial charge in [0.1, 0.15) is 11.5 Å². The summed E-state index contributed by atoms with van der Waals surface area (Å²) < 4.78 is 13.5. The Hall–Kier alpha value is -4.89. The van der Waals surface area contributed by atoms with Crippen LogP contribution in [0.3, 0.4) is 0 Å². The van der Waals surface area contributed by atoms with Gasteiger partial charge >= 0.3 is 0 Å². The quantitative estimate of drug-likeness (QED) is 0.278. The molecule has 4 aromatic heterocycles. The number of likely N-dealkylation sites (N-methyl/N-ethyl adjacent to an activating group) is 1. The molecule has 0 fully saturated rings. The molecule has 0 saturated heterocycles. The molecule has 4 heterocycles. The summed E-state index contributed by atoms with van der Waals surface area (Å²) in [5, 5.41) is 12.4. The molecule has 3 N–H and O–H groups in total. The van der Waals surface area contributed by atoms with Crippen LogP contribution in [0.15, 0.2) is 79.3 Å². The molecule has 6 aromatic rings. The van der Waals surface area contributed by atoms with Crippen LogP contribution in [0.1, 0.15) is 0 Å². The lowest BCUT2D eigenvalue weighted by molar-refractivity contribution is -0.116. The minimum Gasteiger partial charge on any atom is -0.353 e. The van der Waals surface area contributed by atoms with Crippen LogP contribution in [0.5, 0.6) is 0 Å². The van der Waals surface area contributed by atoms with Gasteiger partial charge in [-0.2, -0.15) is 5.10 Å². The van der Waals surface area contributed by atoms with Crippen molar-refractivity contribution in [1.29, 1.82) is 0 Å². The maximum atomic E-state index is 13.5. The SMILES string of the molecule is CN(C)CC(=O)Nc1cncc(-c2cc3c(-c4cc5c(-c6ccc(F)cc6)cccc5[nH]4)n[nH]c3cn2)c1. The van der Waals surface area contributed by atoms with E-state index >= 15 is 0 Å². The third-order valence-corrected chi connectivity index (χ3v) is 6.30. The van der Waals surface area contributed by atoms with Crippen LogP contribution in [-0.2, 0) is 4.79 Å². The monoisotopic (exact) mass is 505 g/mol. The number of halogens is 1. The third-order valence-electron chi connectivity index (χ3n) is 6.30. The van der Waals surface area contributed by atoms with E-state index in [1.165, 1.54) is 12.1 Å². The zero-order chi connectivity index (χ0) is 26.2. The van der Waals surface area contributed by atoms with Gasteiger partial charge in [0.05, 0.1) is 41.5 Å². The number of nitrogens with one attached hydrogen (secondary N) is 3. The van der Waals surface area contributed by atoms with Crippen molar-refractivity contribution >= 4 is 33.4 Å². The number of pyridine rings is 2. The molecule has 188 valence electrons. The van der Waals surface area contributed by atoms with Gasteiger partial charge in [0.2, 0.25) is 5.91 Å². The van der Waals surface area contributed by atoms with E-state index in [1.807, 2.05) is 44.4 Å². The predicted molar refractivity (Wildman–Crippen MR) is 147 cm³/mol. The molecule has 38 heavy (non-hydrogen) atoms. The lowest BCUT2D eigenvalue weighted by Crippen LogP contribution is -2.27. The Labute approximate surface area is 217 Å².